The molecule has 3 fully saturated rings. The zero-order valence-electron chi connectivity index (χ0n) is 14.4. The van der Waals surface area contributed by atoms with Gasteiger partial charge in [-0.3, -0.25) is 4.79 Å². The van der Waals surface area contributed by atoms with Gasteiger partial charge in [-0.25, -0.2) is 9.97 Å². The van der Waals surface area contributed by atoms with Gasteiger partial charge in [-0.15, -0.1) is 0 Å². The van der Waals surface area contributed by atoms with Gasteiger partial charge in [-0.2, -0.15) is 0 Å². The predicted molar refractivity (Wildman–Crippen MR) is 93.1 cm³/mol. The van der Waals surface area contributed by atoms with Crippen molar-refractivity contribution in [2.45, 2.75) is 37.3 Å². The fourth-order valence-electron chi connectivity index (χ4n) is 4.69. The van der Waals surface area contributed by atoms with E-state index < -0.39 is 5.60 Å². The maximum absolute atomic E-state index is 12.4. The third kappa shape index (κ3) is 2.33. The molecule has 3 aliphatic rings. The van der Waals surface area contributed by atoms with Gasteiger partial charge in [0, 0.05) is 32.4 Å². The Morgan fingerprint density at radius 3 is 2.72 bits per heavy atom. The molecule has 132 valence electrons. The molecule has 7 heteroatoms. The number of aromatic nitrogens is 3. The molecule has 0 aromatic carbocycles. The SMILES string of the molecule is CN(c1ncnc2[nH]ccc12)C1CC2CN(C(=O)C3(O)CC3)C[C@H]2C1. The summed E-state index contributed by atoms with van der Waals surface area (Å²) in [6.07, 6.45) is 6.90. The number of rotatable bonds is 3. The lowest BCUT2D eigenvalue weighted by Gasteiger charge is -2.28. The molecule has 1 aliphatic heterocycles. The molecule has 2 aromatic heterocycles. The van der Waals surface area contributed by atoms with E-state index in [-0.39, 0.29) is 5.91 Å². The third-order valence-electron chi connectivity index (χ3n) is 6.35. The Morgan fingerprint density at radius 2 is 2.04 bits per heavy atom. The lowest BCUT2D eigenvalue weighted by Crippen LogP contribution is -2.40. The minimum atomic E-state index is -1.03. The summed E-state index contributed by atoms with van der Waals surface area (Å²) < 4.78 is 0. The van der Waals surface area contributed by atoms with Crippen LogP contribution in [0.2, 0.25) is 0 Å². The van der Waals surface area contributed by atoms with Crippen molar-refractivity contribution in [1.29, 1.82) is 0 Å². The molecule has 2 aromatic rings. The number of anilines is 1. The van der Waals surface area contributed by atoms with E-state index in [4.69, 9.17) is 0 Å². The number of H-pyrrole nitrogens is 1. The molecule has 3 atom stereocenters. The predicted octanol–water partition coefficient (Wildman–Crippen LogP) is 1.16. The van der Waals surface area contributed by atoms with Crippen LogP contribution in [-0.4, -0.2) is 62.6 Å². The van der Waals surface area contributed by atoms with Crippen LogP contribution >= 0.6 is 0 Å². The van der Waals surface area contributed by atoms with Gasteiger partial charge < -0.3 is 19.9 Å². The number of nitrogens with one attached hydrogen (secondary N) is 1. The molecule has 3 heterocycles. The van der Waals surface area contributed by atoms with Gasteiger partial charge in [0.1, 0.15) is 23.4 Å². The molecule has 7 nitrogen and oxygen atoms in total. The van der Waals surface area contributed by atoms with Crippen molar-refractivity contribution in [3.63, 3.8) is 0 Å². The number of fused-ring (bicyclic) bond motifs is 2. The number of nitrogens with zero attached hydrogens (tertiary/aromatic N) is 4. The topological polar surface area (TPSA) is 85.4 Å². The van der Waals surface area contributed by atoms with Gasteiger partial charge >= 0.3 is 0 Å². The van der Waals surface area contributed by atoms with E-state index in [2.05, 4.69) is 26.9 Å². The fourth-order valence-corrected chi connectivity index (χ4v) is 4.69. The third-order valence-corrected chi connectivity index (χ3v) is 6.35. The highest BCUT2D eigenvalue weighted by atomic mass is 16.3. The van der Waals surface area contributed by atoms with Crippen molar-refractivity contribution >= 4 is 22.8 Å². The lowest BCUT2D eigenvalue weighted by atomic mass is 10.0. The van der Waals surface area contributed by atoms with Gasteiger partial charge in [0.25, 0.3) is 5.91 Å². The Balaban J connectivity index is 1.29. The Bertz CT molecular complexity index is 816. The second-order valence-corrected chi connectivity index (χ2v) is 7.94. The van der Waals surface area contributed by atoms with Crippen LogP contribution in [0, 0.1) is 11.8 Å². The summed E-state index contributed by atoms with van der Waals surface area (Å²) in [5.74, 6) is 1.98. The average Bonchev–Trinajstić information content (AvgIpc) is 2.99. The maximum atomic E-state index is 12.4. The Hall–Kier alpha value is -2.15. The van der Waals surface area contributed by atoms with E-state index in [0.29, 0.717) is 30.7 Å². The van der Waals surface area contributed by atoms with Gasteiger partial charge in [-0.1, -0.05) is 0 Å². The summed E-state index contributed by atoms with van der Waals surface area (Å²) >= 11 is 0. The zero-order valence-corrected chi connectivity index (χ0v) is 14.4. The fraction of sp³-hybridized carbons (Fsp3) is 0.611. The number of carbonyl (C=O) groups excluding carboxylic acids is 1. The van der Waals surface area contributed by atoms with Crippen LogP contribution in [0.1, 0.15) is 25.7 Å². The molecular weight excluding hydrogens is 318 g/mol. The molecule has 1 saturated heterocycles. The highest BCUT2D eigenvalue weighted by molar-refractivity contribution is 5.88. The van der Waals surface area contributed by atoms with E-state index in [1.54, 1.807) is 6.33 Å². The lowest BCUT2D eigenvalue weighted by molar-refractivity contribution is -0.141. The summed E-state index contributed by atoms with van der Waals surface area (Å²) in [6, 6.07) is 2.46. The van der Waals surface area contributed by atoms with Gasteiger partial charge in [0.15, 0.2) is 0 Å². The normalized spacial score (nSPS) is 29.8. The first-order valence-electron chi connectivity index (χ1n) is 9.08. The number of aliphatic hydroxyl groups is 1. The van der Waals surface area contributed by atoms with E-state index in [1.165, 1.54) is 0 Å². The molecule has 2 unspecified atom stereocenters. The summed E-state index contributed by atoms with van der Waals surface area (Å²) in [5.41, 5.74) is -0.167. The molecule has 0 bridgehead atoms. The van der Waals surface area contributed by atoms with Crippen LogP contribution in [0.5, 0.6) is 0 Å². The van der Waals surface area contributed by atoms with Crippen molar-refractivity contribution in [3.8, 4) is 0 Å². The standard InChI is InChI=1S/C18H23N5O2/c1-22(16-14-2-5-19-15(14)20-10-21-16)13-6-11-8-23(9-12(11)7-13)17(24)18(25)3-4-18/h2,5,10-13,25H,3-4,6-9H2,1H3,(H,19,20,21)/t11-,12?,13?/m1/s1. The molecule has 0 spiro atoms. The van der Waals surface area contributed by atoms with E-state index in [1.807, 2.05) is 17.2 Å². The second kappa shape index (κ2) is 5.17. The Kier molecular flexibility index (Phi) is 3.13. The molecule has 5 rings (SSSR count). The van der Waals surface area contributed by atoms with Crippen LogP contribution in [0.3, 0.4) is 0 Å². The molecular formula is C18H23N5O2. The molecule has 1 amide bonds. The number of hydrogen-bond acceptors (Lipinski definition) is 5. The van der Waals surface area contributed by atoms with Gasteiger partial charge in [0.2, 0.25) is 0 Å². The first kappa shape index (κ1) is 15.1. The van der Waals surface area contributed by atoms with Crippen molar-refractivity contribution in [2.75, 3.05) is 25.0 Å². The number of carbonyl (C=O) groups is 1. The molecule has 2 aliphatic carbocycles. The first-order valence-corrected chi connectivity index (χ1v) is 9.08. The van der Waals surface area contributed by atoms with Gasteiger partial charge in [-0.05, 0) is 43.6 Å². The number of likely N-dealkylation sites (tertiary alicyclic amines) is 1. The van der Waals surface area contributed by atoms with Crippen molar-refractivity contribution in [2.24, 2.45) is 11.8 Å². The maximum Gasteiger partial charge on any atom is 0.254 e. The van der Waals surface area contributed by atoms with Crippen molar-refractivity contribution in [3.05, 3.63) is 18.6 Å². The summed E-state index contributed by atoms with van der Waals surface area (Å²) in [5, 5.41) is 11.1. The monoisotopic (exact) mass is 341 g/mol. The van der Waals surface area contributed by atoms with Crippen LogP contribution in [0.25, 0.3) is 11.0 Å². The Morgan fingerprint density at radius 1 is 1.32 bits per heavy atom. The highest BCUT2D eigenvalue weighted by Crippen LogP contribution is 2.44. The second-order valence-electron chi connectivity index (χ2n) is 7.94. The van der Waals surface area contributed by atoms with Crippen LogP contribution in [0.4, 0.5) is 5.82 Å². The van der Waals surface area contributed by atoms with Crippen LogP contribution in [-0.2, 0) is 4.79 Å². The molecule has 0 radical (unpaired) electrons. The number of hydrogen-bond donors (Lipinski definition) is 2. The van der Waals surface area contributed by atoms with Crippen LogP contribution in [0.15, 0.2) is 18.6 Å². The molecule has 2 N–H and O–H groups in total. The minimum Gasteiger partial charge on any atom is -0.380 e. The highest BCUT2D eigenvalue weighted by Gasteiger charge is 2.53. The van der Waals surface area contributed by atoms with E-state index in [9.17, 15) is 9.90 Å². The van der Waals surface area contributed by atoms with Gasteiger partial charge in [0.05, 0.1) is 5.39 Å². The van der Waals surface area contributed by atoms with Crippen LogP contribution < -0.4 is 4.90 Å². The van der Waals surface area contributed by atoms with E-state index >= 15 is 0 Å². The molecule has 25 heavy (non-hydrogen) atoms. The Labute approximate surface area is 146 Å². The first-order chi connectivity index (χ1) is 12.0. The largest absolute Gasteiger partial charge is 0.380 e. The van der Waals surface area contributed by atoms with E-state index in [0.717, 1.165) is 42.8 Å². The number of aromatic amines is 1. The van der Waals surface area contributed by atoms with Crippen molar-refractivity contribution < 1.29 is 9.90 Å². The summed E-state index contributed by atoms with van der Waals surface area (Å²) in [4.78, 5) is 28.4. The summed E-state index contributed by atoms with van der Waals surface area (Å²) in [6.45, 7) is 1.58. The average molecular weight is 341 g/mol. The quantitative estimate of drug-likeness (QED) is 0.875. The van der Waals surface area contributed by atoms with Crippen molar-refractivity contribution in [1.82, 2.24) is 19.9 Å². The summed E-state index contributed by atoms with van der Waals surface area (Å²) in [7, 11) is 2.11. The zero-order chi connectivity index (χ0) is 17.2. The smallest absolute Gasteiger partial charge is 0.254 e. The number of amides is 1. The minimum absolute atomic E-state index is 0.0448. The molecule has 2 saturated carbocycles.